The number of alkyl halides is 1. The minimum Gasteiger partial charge on any atom is -0.308 e. The molecular formula is C16H22ClN3. The fraction of sp³-hybridized carbons (Fsp3) is 0.625. The molecule has 2 heterocycles. The largest absolute Gasteiger partial charge is 0.308 e. The minimum absolute atomic E-state index is 0.0817. The average molecular weight is 292 g/mol. The number of fused-ring (bicyclic) bond motifs is 1. The number of hydrogen-bond acceptors (Lipinski definition) is 2. The van der Waals surface area contributed by atoms with Gasteiger partial charge in [-0.05, 0) is 44.7 Å². The molecule has 3 rings (SSSR count). The van der Waals surface area contributed by atoms with Crippen LogP contribution in [-0.2, 0) is 0 Å². The third kappa shape index (κ3) is 2.44. The highest BCUT2D eigenvalue weighted by Crippen LogP contribution is 2.37. The topological polar surface area (TPSA) is 30.7 Å². The van der Waals surface area contributed by atoms with Gasteiger partial charge in [-0.2, -0.15) is 0 Å². The van der Waals surface area contributed by atoms with Crippen LogP contribution in [0.25, 0.3) is 11.2 Å². The van der Waals surface area contributed by atoms with Gasteiger partial charge in [0.25, 0.3) is 0 Å². The second-order valence-electron chi connectivity index (χ2n) is 6.18. The first-order valence-corrected chi connectivity index (χ1v) is 7.99. The van der Waals surface area contributed by atoms with Crippen molar-refractivity contribution in [2.75, 3.05) is 0 Å². The quantitative estimate of drug-likeness (QED) is 0.745. The van der Waals surface area contributed by atoms with Crippen molar-refractivity contribution < 1.29 is 0 Å². The number of pyridine rings is 1. The Hall–Kier alpha value is -1.09. The summed E-state index contributed by atoms with van der Waals surface area (Å²) in [5, 5.41) is -0.0817. The lowest BCUT2D eigenvalue weighted by Gasteiger charge is -2.29. The fourth-order valence-corrected chi connectivity index (χ4v) is 3.52. The van der Waals surface area contributed by atoms with E-state index in [0.29, 0.717) is 6.04 Å². The van der Waals surface area contributed by atoms with E-state index in [1.54, 1.807) is 0 Å². The van der Waals surface area contributed by atoms with Gasteiger partial charge in [0.1, 0.15) is 11.3 Å². The van der Waals surface area contributed by atoms with Gasteiger partial charge >= 0.3 is 0 Å². The Balaban J connectivity index is 2.14. The molecule has 0 aliphatic heterocycles. The van der Waals surface area contributed by atoms with Gasteiger partial charge in [-0.3, -0.25) is 0 Å². The molecule has 2 aromatic heterocycles. The van der Waals surface area contributed by atoms with E-state index in [0.717, 1.165) is 28.6 Å². The zero-order valence-electron chi connectivity index (χ0n) is 12.4. The maximum absolute atomic E-state index is 6.36. The Bertz CT molecular complexity index is 617. The SMILES string of the molecule is Cc1ccc2nc(C(C)Cl)n(C3CCCC(C)C3)c2n1. The summed E-state index contributed by atoms with van der Waals surface area (Å²) in [6, 6.07) is 4.57. The molecule has 2 aromatic rings. The van der Waals surface area contributed by atoms with Crippen LogP contribution in [0.3, 0.4) is 0 Å². The number of nitrogens with zero attached hydrogens (tertiary/aromatic N) is 3. The first-order valence-electron chi connectivity index (χ1n) is 7.56. The van der Waals surface area contributed by atoms with Gasteiger partial charge in [-0.1, -0.05) is 19.8 Å². The number of aryl methyl sites for hydroxylation is 1. The molecule has 1 aliphatic rings. The summed E-state index contributed by atoms with van der Waals surface area (Å²) in [7, 11) is 0. The van der Waals surface area contributed by atoms with Crippen LogP contribution in [0.4, 0.5) is 0 Å². The standard InChI is InChI=1S/C16H22ClN3/c1-10-5-4-6-13(9-10)20-15(12(3)17)19-14-8-7-11(2)18-16(14)20/h7-8,10,12-13H,4-6,9H2,1-3H3. The maximum atomic E-state index is 6.36. The number of rotatable bonds is 2. The molecule has 0 aromatic carbocycles. The van der Waals surface area contributed by atoms with Crippen LogP contribution in [0, 0.1) is 12.8 Å². The van der Waals surface area contributed by atoms with Gasteiger partial charge < -0.3 is 4.57 Å². The van der Waals surface area contributed by atoms with Crippen LogP contribution in [-0.4, -0.2) is 14.5 Å². The molecular weight excluding hydrogens is 270 g/mol. The molecule has 0 bridgehead atoms. The third-order valence-electron chi connectivity index (χ3n) is 4.33. The smallest absolute Gasteiger partial charge is 0.160 e. The van der Waals surface area contributed by atoms with Crippen molar-refractivity contribution in [3.8, 4) is 0 Å². The van der Waals surface area contributed by atoms with Crippen molar-refractivity contribution in [1.29, 1.82) is 0 Å². The van der Waals surface area contributed by atoms with Gasteiger partial charge in [0.15, 0.2) is 5.65 Å². The summed E-state index contributed by atoms with van der Waals surface area (Å²) < 4.78 is 2.32. The number of imidazole rings is 1. The Morgan fingerprint density at radius 3 is 2.80 bits per heavy atom. The highest BCUT2D eigenvalue weighted by molar-refractivity contribution is 6.20. The van der Waals surface area contributed by atoms with Crippen molar-refractivity contribution in [2.24, 2.45) is 5.92 Å². The van der Waals surface area contributed by atoms with Crippen molar-refractivity contribution in [3.05, 3.63) is 23.7 Å². The van der Waals surface area contributed by atoms with E-state index >= 15 is 0 Å². The predicted octanol–water partition coefficient (Wildman–Crippen LogP) is 4.79. The molecule has 20 heavy (non-hydrogen) atoms. The van der Waals surface area contributed by atoms with E-state index in [-0.39, 0.29) is 5.38 Å². The van der Waals surface area contributed by atoms with Crippen LogP contribution in [0.5, 0.6) is 0 Å². The molecule has 1 aliphatic carbocycles. The lowest BCUT2D eigenvalue weighted by molar-refractivity contribution is 0.281. The molecule has 1 fully saturated rings. The van der Waals surface area contributed by atoms with E-state index in [1.807, 2.05) is 19.9 Å². The van der Waals surface area contributed by atoms with Crippen molar-refractivity contribution in [2.45, 2.75) is 57.9 Å². The predicted molar refractivity (Wildman–Crippen MR) is 83.2 cm³/mol. The van der Waals surface area contributed by atoms with Crippen LogP contribution in [0.15, 0.2) is 12.1 Å². The zero-order chi connectivity index (χ0) is 14.3. The summed E-state index contributed by atoms with van der Waals surface area (Å²) in [5.41, 5.74) is 3.01. The summed E-state index contributed by atoms with van der Waals surface area (Å²) in [6.45, 7) is 6.37. The van der Waals surface area contributed by atoms with Crippen LogP contribution in [0.1, 0.15) is 62.5 Å². The molecule has 3 unspecified atom stereocenters. The molecule has 0 spiro atoms. The van der Waals surface area contributed by atoms with E-state index in [9.17, 15) is 0 Å². The molecule has 3 nitrogen and oxygen atoms in total. The van der Waals surface area contributed by atoms with E-state index in [2.05, 4.69) is 17.6 Å². The van der Waals surface area contributed by atoms with Crippen molar-refractivity contribution in [1.82, 2.24) is 14.5 Å². The number of hydrogen-bond donors (Lipinski definition) is 0. The number of halogens is 1. The van der Waals surface area contributed by atoms with Crippen molar-refractivity contribution >= 4 is 22.8 Å². The number of aromatic nitrogens is 3. The average Bonchev–Trinajstić information content (AvgIpc) is 2.77. The second-order valence-corrected chi connectivity index (χ2v) is 6.83. The molecule has 1 saturated carbocycles. The molecule has 0 N–H and O–H groups in total. The summed E-state index contributed by atoms with van der Waals surface area (Å²) in [4.78, 5) is 9.44. The van der Waals surface area contributed by atoms with Gasteiger partial charge in [0.2, 0.25) is 0 Å². The first kappa shape index (κ1) is 13.9. The second kappa shape index (κ2) is 5.36. The minimum atomic E-state index is -0.0817. The molecule has 108 valence electrons. The van der Waals surface area contributed by atoms with Crippen LogP contribution >= 0.6 is 11.6 Å². The highest BCUT2D eigenvalue weighted by Gasteiger charge is 2.26. The summed E-state index contributed by atoms with van der Waals surface area (Å²) in [6.07, 6.45) is 5.04. The lowest BCUT2D eigenvalue weighted by atomic mass is 9.87. The fourth-order valence-electron chi connectivity index (χ4n) is 3.36. The van der Waals surface area contributed by atoms with Gasteiger partial charge in [0, 0.05) is 11.7 Å². The van der Waals surface area contributed by atoms with Gasteiger partial charge in [-0.15, -0.1) is 11.6 Å². The van der Waals surface area contributed by atoms with Crippen LogP contribution in [0.2, 0.25) is 0 Å². The molecule has 0 saturated heterocycles. The first-order chi connectivity index (χ1) is 9.56. The normalized spacial score (nSPS) is 25.0. The monoisotopic (exact) mass is 291 g/mol. The molecule has 3 atom stereocenters. The molecule has 0 radical (unpaired) electrons. The summed E-state index contributed by atoms with van der Waals surface area (Å²) >= 11 is 6.36. The third-order valence-corrected chi connectivity index (χ3v) is 4.53. The Labute approximate surface area is 125 Å². The van der Waals surface area contributed by atoms with Crippen LogP contribution < -0.4 is 0 Å². The van der Waals surface area contributed by atoms with Gasteiger partial charge in [-0.25, -0.2) is 9.97 Å². The highest BCUT2D eigenvalue weighted by atomic mass is 35.5. The zero-order valence-corrected chi connectivity index (χ0v) is 13.2. The molecule has 4 heteroatoms. The Morgan fingerprint density at radius 2 is 2.10 bits per heavy atom. The lowest BCUT2D eigenvalue weighted by Crippen LogP contribution is -2.20. The molecule has 0 amide bonds. The van der Waals surface area contributed by atoms with Crippen molar-refractivity contribution in [3.63, 3.8) is 0 Å². The van der Waals surface area contributed by atoms with E-state index < -0.39 is 0 Å². The van der Waals surface area contributed by atoms with E-state index in [4.69, 9.17) is 21.6 Å². The maximum Gasteiger partial charge on any atom is 0.160 e. The Kier molecular flexibility index (Phi) is 3.72. The van der Waals surface area contributed by atoms with Gasteiger partial charge in [0.05, 0.1) is 5.38 Å². The van der Waals surface area contributed by atoms with E-state index in [1.165, 1.54) is 25.7 Å². The Morgan fingerprint density at radius 1 is 1.30 bits per heavy atom. The summed E-state index contributed by atoms with van der Waals surface area (Å²) in [5.74, 6) is 1.74.